The van der Waals surface area contributed by atoms with Crippen LogP contribution in [0.25, 0.3) is 0 Å². The Morgan fingerprint density at radius 2 is 1.74 bits per heavy atom. The number of nitrogens with zero attached hydrogens (tertiary/aromatic N) is 2. The van der Waals surface area contributed by atoms with Gasteiger partial charge in [0, 0.05) is 43.0 Å². The highest BCUT2D eigenvalue weighted by molar-refractivity contribution is 7.89. The van der Waals surface area contributed by atoms with Gasteiger partial charge < -0.3 is 10.2 Å². The minimum atomic E-state index is -3.62. The molecule has 2 aromatic carbocycles. The van der Waals surface area contributed by atoms with Gasteiger partial charge in [0.15, 0.2) is 0 Å². The lowest BCUT2D eigenvalue weighted by Crippen LogP contribution is -2.37. The molecule has 2 saturated heterocycles. The predicted molar refractivity (Wildman–Crippen MR) is 120 cm³/mol. The quantitative estimate of drug-likeness (QED) is 0.770. The second-order valence-electron chi connectivity index (χ2n) is 8.26. The topological polar surface area (TPSA) is 86.8 Å². The highest BCUT2D eigenvalue weighted by Crippen LogP contribution is 2.25. The Morgan fingerprint density at radius 3 is 2.39 bits per heavy atom. The van der Waals surface area contributed by atoms with E-state index in [1.165, 1.54) is 16.4 Å². The molecule has 2 aliphatic heterocycles. The van der Waals surface area contributed by atoms with Gasteiger partial charge in [0.05, 0.1) is 4.90 Å². The number of nitrogens with one attached hydrogen (secondary N) is 1. The first-order chi connectivity index (χ1) is 14.8. The van der Waals surface area contributed by atoms with Gasteiger partial charge in [0.2, 0.25) is 15.9 Å². The third-order valence-corrected chi connectivity index (χ3v) is 7.88. The molecular weight excluding hydrogens is 414 g/mol. The van der Waals surface area contributed by atoms with Crippen LogP contribution >= 0.6 is 0 Å². The van der Waals surface area contributed by atoms with Crippen molar-refractivity contribution in [2.75, 3.05) is 29.9 Å². The van der Waals surface area contributed by atoms with Crippen LogP contribution in [0, 0.1) is 5.92 Å². The van der Waals surface area contributed by atoms with Gasteiger partial charge in [-0.1, -0.05) is 13.0 Å². The van der Waals surface area contributed by atoms with E-state index in [4.69, 9.17) is 0 Å². The average Bonchev–Trinajstić information content (AvgIpc) is 3.20. The Labute approximate surface area is 183 Å². The van der Waals surface area contributed by atoms with Crippen LogP contribution in [0.1, 0.15) is 43.0 Å². The molecule has 2 heterocycles. The zero-order chi connectivity index (χ0) is 22.0. The van der Waals surface area contributed by atoms with E-state index in [1.54, 1.807) is 41.3 Å². The van der Waals surface area contributed by atoms with Crippen LogP contribution < -0.4 is 10.2 Å². The first-order valence-electron chi connectivity index (χ1n) is 10.7. The summed E-state index contributed by atoms with van der Waals surface area (Å²) in [6.45, 7) is 3.85. The van der Waals surface area contributed by atoms with Crippen LogP contribution in [0.15, 0.2) is 53.4 Å². The number of amides is 2. The second kappa shape index (κ2) is 8.80. The highest BCUT2D eigenvalue weighted by atomic mass is 32.2. The van der Waals surface area contributed by atoms with Crippen molar-refractivity contribution in [3.8, 4) is 0 Å². The molecule has 0 atom stereocenters. The molecule has 0 aromatic heterocycles. The normalized spacial score (nSPS) is 18.4. The number of hydrogen-bond donors (Lipinski definition) is 1. The van der Waals surface area contributed by atoms with Gasteiger partial charge in [0.1, 0.15) is 0 Å². The van der Waals surface area contributed by atoms with Crippen molar-refractivity contribution in [1.82, 2.24) is 4.31 Å². The van der Waals surface area contributed by atoms with E-state index >= 15 is 0 Å². The Kier molecular flexibility index (Phi) is 6.11. The molecule has 0 saturated carbocycles. The summed E-state index contributed by atoms with van der Waals surface area (Å²) in [5.41, 5.74) is 1.67. The summed E-state index contributed by atoms with van der Waals surface area (Å²) >= 11 is 0. The van der Waals surface area contributed by atoms with Crippen LogP contribution in [0.2, 0.25) is 0 Å². The lowest BCUT2D eigenvalue weighted by Gasteiger charge is -2.29. The largest absolute Gasteiger partial charge is 0.322 e. The molecule has 0 bridgehead atoms. The smallest absolute Gasteiger partial charge is 0.255 e. The summed E-state index contributed by atoms with van der Waals surface area (Å²) in [4.78, 5) is 26.5. The van der Waals surface area contributed by atoms with Crippen molar-refractivity contribution >= 4 is 33.2 Å². The predicted octanol–water partition coefficient (Wildman–Crippen LogP) is 3.49. The summed E-state index contributed by atoms with van der Waals surface area (Å²) in [5.74, 6) is 0.255. The van der Waals surface area contributed by atoms with Crippen molar-refractivity contribution in [1.29, 1.82) is 0 Å². The molecule has 2 aromatic rings. The lowest BCUT2D eigenvalue weighted by molar-refractivity contribution is -0.117. The summed E-state index contributed by atoms with van der Waals surface area (Å²) < 4.78 is 27.5. The van der Waals surface area contributed by atoms with Crippen molar-refractivity contribution in [2.24, 2.45) is 5.92 Å². The Balaban J connectivity index is 1.46. The van der Waals surface area contributed by atoms with E-state index in [-0.39, 0.29) is 22.3 Å². The van der Waals surface area contributed by atoms with Gasteiger partial charge >= 0.3 is 0 Å². The van der Waals surface area contributed by atoms with Crippen LogP contribution in [0.4, 0.5) is 11.4 Å². The van der Waals surface area contributed by atoms with Gasteiger partial charge in [-0.3, -0.25) is 9.59 Å². The molecule has 2 fully saturated rings. The van der Waals surface area contributed by atoms with Gasteiger partial charge in [-0.2, -0.15) is 4.31 Å². The Bertz CT molecular complexity index is 1070. The molecule has 0 unspecified atom stereocenters. The molecule has 7 nitrogen and oxygen atoms in total. The Hall–Kier alpha value is -2.71. The van der Waals surface area contributed by atoms with Crippen molar-refractivity contribution in [3.05, 3.63) is 54.1 Å². The van der Waals surface area contributed by atoms with Crippen LogP contribution in [0.5, 0.6) is 0 Å². The maximum absolute atomic E-state index is 13.0. The van der Waals surface area contributed by atoms with Gasteiger partial charge in [0.25, 0.3) is 5.91 Å². The third kappa shape index (κ3) is 4.65. The molecule has 1 N–H and O–H groups in total. The van der Waals surface area contributed by atoms with E-state index < -0.39 is 10.0 Å². The van der Waals surface area contributed by atoms with Gasteiger partial charge in [-0.15, -0.1) is 0 Å². The van der Waals surface area contributed by atoms with Crippen LogP contribution in [0.3, 0.4) is 0 Å². The molecule has 2 aliphatic rings. The maximum Gasteiger partial charge on any atom is 0.255 e. The number of carbonyl (C=O) groups excluding carboxylic acids is 2. The number of sulfonamides is 1. The van der Waals surface area contributed by atoms with Crippen LogP contribution in [-0.4, -0.2) is 44.2 Å². The molecule has 31 heavy (non-hydrogen) atoms. The number of rotatable bonds is 5. The second-order valence-corrected chi connectivity index (χ2v) is 10.2. The molecule has 8 heteroatoms. The van der Waals surface area contributed by atoms with Gasteiger partial charge in [-0.05, 0) is 67.6 Å². The summed E-state index contributed by atoms with van der Waals surface area (Å²) in [7, 11) is -3.62. The maximum atomic E-state index is 13.0. The first kappa shape index (κ1) is 21.5. The highest BCUT2D eigenvalue weighted by Gasteiger charge is 2.28. The fourth-order valence-corrected chi connectivity index (χ4v) is 5.54. The summed E-state index contributed by atoms with van der Waals surface area (Å²) in [6.07, 6.45) is 3.11. The lowest BCUT2D eigenvalue weighted by atomic mass is 10.0. The van der Waals surface area contributed by atoms with Crippen molar-refractivity contribution < 1.29 is 18.0 Å². The minimum Gasteiger partial charge on any atom is -0.322 e. The van der Waals surface area contributed by atoms with E-state index in [2.05, 4.69) is 12.2 Å². The van der Waals surface area contributed by atoms with Crippen molar-refractivity contribution in [3.63, 3.8) is 0 Å². The number of piperidine rings is 1. The fourth-order valence-electron chi connectivity index (χ4n) is 4.02. The van der Waals surface area contributed by atoms with E-state index in [0.717, 1.165) is 24.9 Å². The SMILES string of the molecule is CC1CCN(S(=O)(=O)c2cccc(C(=O)Nc3ccc(N4CCCC4=O)cc3)c2)CC1. The van der Waals surface area contributed by atoms with E-state index in [9.17, 15) is 18.0 Å². The van der Waals surface area contributed by atoms with Crippen molar-refractivity contribution in [2.45, 2.75) is 37.5 Å². The number of carbonyl (C=O) groups is 2. The number of hydrogen-bond acceptors (Lipinski definition) is 4. The van der Waals surface area contributed by atoms with E-state index in [0.29, 0.717) is 37.7 Å². The molecule has 164 valence electrons. The fraction of sp³-hybridized carbons (Fsp3) is 0.391. The zero-order valence-corrected chi connectivity index (χ0v) is 18.4. The molecule has 0 spiro atoms. The van der Waals surface area contributed by atoms with Gasteiger partial charge in [-0.25, -0.2) is 8.42 Å². The third-order valence-electron chi connectivity index (χ3n) is 5.99. The Morgan fingerprint density at radius 1 is 1.03 bits per heavy atom. The zero-order valence-electron chi connectivity index (χ0n) is 17.6. The molecule has 4 rings (SSSR count). The number of anilines is 2. The standard InChI is InChI=1S/C23H27N3O4S/c1-17-11-14-25(15-12-17)31(29,30)21-5-2-4-18(16-21)23(28)24-19-7-9-20(10-8-19)26-13-3-6-22(26)27/h2,4-5,7-10,16-17H,3,6,11-15H2,1H3,(H,24,28). The average molecular weight is 442 g/mol. The molecule has 0 radical (unpaired) electrons. The van der Waals surface area contributed by atoms with E-state index in [1.807, 2.05) is 0 Å². The monoisotopic (exact) mass is 441 g/mol. The van der Waals surface area contributed by atoms with Crippen LogP contribution in [-0.2, 0) is 14.8 Å². The summed E-state index contributed by atoms with van der Waals surface area (Å²) in [6, 6.07) is 13.3. The number of benzene rings is 2. The first-order valence-corrected chi connectivity index (χ1v) is 12.1. The molecule has 0 aliphatic carbocycles. The minimum absolute atomic E-state index is 0.109. The molecule has 2 amide bonds. The molecular formula is C23H27N3O4S. The summed E-state index contributed by atoms with van der Waals surface area (Å²) in [5, 5.41) is 2.80.